The van der Waals surface area contributed by atoms with Crippen LogP contribution in [-0.2, 0) is 0 Å². The molecule has 3 heterocycles. The number of hydrogen-bond donors (Lipinski definition) is 2. The number of nitrogen functional groups attached to an aromatic ring is 2. The van der Waals surface area contributed by atoms with Crippen LogP contribution < -0.4 is 11.5 Å². The van der Waals surface area contributed by atoms with Crippen LogP contribution in [0.3, 0.4) is 0 Å². The van der Waals surface area contributed by atoms with Crippen molar-refractivity contribution in [2.75, 3.05) is 11.5 Å². The Morgan fingerprint density at radius 3 is 2.52 bits per heavy atom. The maximum absolute atomic E-state index is 6.70. The maximum atomic E-state index is 6.70. The second-order valence-electron chi connectivity index (χ2n) is 6.82. The molecule has 0 bridgehead atoms. The molecule has 0 aliphatic carbocycles. The number of aryl methyl sites for hydroxylation is 2. The van der Waals surface area contributed by atoms with E-state index in [-0.39, 0.29) is 5.95 Å². The fraction of sp³-hybridized carbons (Fsp3) is 0.100. The van der Waals surface area contributed by atoms with Crippen molar-refractivity contribution in [2.45, 2.75) is 13.8 Å². The highest BCUT2D eigenvalue weighted by Gasteiger charge is 2.20. The number of imidazole rings is 1. The number of nitrogens with zero attached hydrogens (tertiary/aromatic N) is 5. The van der Waals surface area contributed by atoms with E-state index in [4.69, 9.17) is 28.1 Å². The molecule has 0 saturated heterocycles. The molecule has 5 rings (SSSR count). The molecule has 3 aromatic heterocycles. The van der Waals surface area contributed by atoms with Crippen LogP contribution in [0.25, 0.3) is 38.5 Å². The number of nitrogens with two attached hydrogens (primary N) is 2. The van der Waals surface area contributed by atoms with E-state index in [0.717, 1.165) is 33.1 Å². The largest absolute Gasteiger partial charge is 0.383 e. The summed E-state index contributed by atoms with van der Waals surface area (Å²) in [5.74, 6) is 1.13. The Hall–Kier alpha value is -3.23. The quantitative estimate of drug-likeness (QED) is 0.433. The third-order valence-corrected chi connectivity index (χ3v) is 6.02. The monoisotopic (exact) mass is 421 g/mol. The smallest absolute Gasteiger partial charge is 0.222 e. The highest BCUT2D eigenvalue weighted by Crippen LogP contribution is 2.36. The lowest BCUT2D eigenvalue weighted by Crippen LogP contribution is -2.03. The molecule has 9 heteroatoms. The van der Waals surface area contributed by atoms with E-state index in [2.05, 4.69) is 40.9 Å². The minimum atomic E-state index is 0.116. The predicted octanol–water partition coefficient (Wildman–Crippen LogP) is 4.53. The van der Waals surface area contributed by atoms with Crippen molar-refractivity contribution in [1.29, 1.82) is 0 Å². The number of rotatable bonds is 2. The Morgan fingerprint density at radius 2 is 1.76 bits per heavy atom. The molecule has 144 valence electrons. The molecule has 2 aromatic carbocycles. The summed E-state index contributed by atoms with van der Waals surface area (Å²) in [5.41, 5.74) is 17.3. The zero-order chi connectivity index (χ0) is 20.3. The SMILES string of the molecule is Cc1cc2nc(-c3nccs3)n(-c3cc4nc(N)nc(N)c4cc3Cl)c2cc1C. The molecule has 0 aliphatic heterocycles. The summed E-state index contributed by atoms with van der Waals surface area (Å²) in [7, 11) is 0. The molecule has 0 atom stereocenters. The summed E-state index contributed by atoms with van der Waals surface area (Å²) in [6, 6.07) is 7.81. The average Bonchev–Trinajstić information content (AvgIpc) is 3.30. The van der Waals surface area contributed by atoms with Gasteiger partial charge in [0.05, 0.1) is 27.3 Å². The molecule has 0 spiro atoms. The lowest BCUT2D eigenvalue weighted by molar-refractivity contribution is 1.09. The van der Waals surface area contributed by atoms with Crippen molar-refractivity contribution in [1.82, 2.24) is 24.5 Å². The summed E-state index contributed by atoms with van der Waals surface area (Å²) in [6.07, 6.45) is 1.76. The van der Waals surface area contributed by atoms with Gasteiger partial charge >= 0.3 is 0 Å². The number of aromatic nitrogens is 5. The van der Waals surface area contributed by atoms with Crippen LogP contribution in [0.1, 0.15) is 11.1 Å². The van der Waals surface area contributed by atoms with E-state index in [1.54, 1.807) is 12.3 Å². The first-order chi connectivity index (χ1) is 13.9. The summed E-state index contributed by atoms with van der Waals surface area (Å²) in [5, 5.41) is 3.88. The zero-order valence-corrected chi connectivity index (χ0v) is 17.2. The van der Waals surface area contributed by atoms with Crippen LogP contribution >= 0.6 is 22.9 Å². The van der Waals surface area contributed by atoms with Gasteiger partial charge in [-0.15, -0.1) is 11.3 Å². The Kier molecular flexibility index (Phi) is 3.94. The molecule has 7 nitrogen and oxygen atoms in total. The first-order valence-electron chi connectivity index (χ1n) is 8.84. The predicted molar refractivity (Wildman–Crippen MR) is 119 cm³/mol. The van der Waals surface area contributed by atoms with Gasteiger partial charge in [-0.3, -0.25) is 4.57 Å². The van der Waals surface area contributed by atoms with Crippen molar-refractivity contribution in [3.8, 4) is 16.5 Å². The van der Waals surface area contributed by atoms with Crippen LogP contribution in [0.4, 0.5) is 11.8 Å². The van der Waals surface area contributed by atoms with Gasteiger partial charge in [0, 0.05) is 17.0 Å². The van der Waals surface area contributed by atoms with Gasteiger partial charge < -0.3 is 11.5 Å². The third kappa shape index (κ3) is 2.80. The molecule has 0 fully saturated rings. The molecule has 0 aliphatic rings. The van der Waals surface area contributed by atoms with Crippen LogP contribution in [0.15, 0.2) is 35.8 Å². The molecular formula is C20H16ClN7S. The van der Waals surface area contributed by atoms with Gasteiger partial charge in [-0.2, -0.15) is 4.98 Å². The van der Waals surface area contributed by atoms with Crippen molar-refractivity contribution < 1.29 is 0 Å². The highest BCUT2D eigenvalue weighted by molar-refractivity contribution is 7.13. The molecule has 0 amide bonds. The number of anilines is 2. The zero-order valence-electron chi connectivity index (χ0n) is 15.6. The van der Waals surface area contributed by atoms with Crippen molar-refractivity contribution >= 4 is 56.6 Å². The molecule has 0 radical (unpaired) electrons. The van der Waals surface area contributed by atoms with E-state index in [1.807, 2.05) is 16.0 Å². The van der Waals surface area contributed by atoms with Crippen LogP contribution in [0, 0.1) is 13.8 Å². The summed E-state index contributed by atoms with van der Waals surface area (Å²) >= 11 is 8.22. The van der Waals surface area contributed by atoms with Gasteiger partial charge in [-0.05, 0) is 49.2 Å². The van der Waals surface area contributed by atoms with E-state index in [9.17, 15) is 0 Å². The third-order valence-electron chi connectivity index (χ3n) is 4.95. The summed E-state index contributed by atoms with van der Waals surface area (Å²) in [4.78, 5) is 17.7. The molecule has 5 aromatic rings. The topological polar surface area (TPSA) is 109 Å². The summed E-state index contributed by atoms with van der Waals surface area (Å²) < 4.78 is 2.01. The van der Waals surface area contributed by atoms with Gasteiger partial charge in [0.25, 0.3) is 0 Å². The standard InChI is InChI=1S/C20H16ClN7S/c1-9-5-14-16(6-10(9)2)28(18(25-14)19-24-3-4-29-19)15-8-13-11(7-12(15)21)17(22)27-20(23)26-13/h3-8H,1-2H3,(H4,22,23,26,27). The number of halogens is 1. The van der Waals surface area contributed by atoms with Gasteiger partial charge in [0.1, 0.15) is 5.82 Å². The van der Waals surface area contributed by atoms with Gasteiger partial charge in [-0.1, -0.05) is 11.6 Å². The van der Waals surface area contributed by atoms with E-state index < -0.39 is 0 Å². The number of thiazole rings is 1. The lowest BCUT2D eigenvalue weighted by atomic mass is 10.1. The first-order valence-corrected chi connectivity index (χ1v) is 10.1. The van der Waals surface area contributed by atoms with Crippen molar-refractivity contribution in [3.63, 3.8) is 0 Å². The van der Waals surface area contributed by atoms with E-state index >= 15 is 0 Å². The van der Waals surface area contributed by atoms with Gasteiger partial charge in [0.15, 0.2) is 10.8 Å². The Labute approximate surface area is 175 Å². The number of fused-ring (bicyclic) bond motifs is 2. The Bertz CT molecular complexity index is 1410. The summed E-state index contributed by atoms with van der Waals surface area (Å²) in [6.45, 7) is 4.15. The molecule has 0 unspecified atom stereocenters. The second-order valence-corrected chi connectivity index (χ2v) is 8.12. The van der Waals surface area contributed by atoms with Crippen LogP contribution in [0.2, 0.25) is 5.02 Å². The Balaban J connectivity index is 1.90. The number of benzene rings is 2. The fourth-order valence-corrected chi connectivity index (χ4v) is 4.27. The van der Waals surface area contributed by atoms with E-state index in [0.29, 0.717) is 21.7 Å². The van der Waals surface area contributed by atoms with Gasteiger partial charge in [0.2, 0.25) is 5.95 Å². The number of hydrogen-bond acceptors (Lipinski definition) is 7. The van der Waals surface area contributed by atoms with Crippen molar-refractivity contribution in [3.05, 3.63) is 52.0 Å². The molecule has 0 saturated carbocycles. The first kappa shape index (κ1) is 17.8. The van der Waals surface area contributed by atoms with Crippen LogP contribution in [-0.4, -0.2) is 24.5 Å². The van der Waals surface area contributed by atoms with Crippen LogP contribution in [0.5, 0.6) is 0 Å². The maximum Gasteiger partial charge on any atom is 0.222 e. The van der Waals surface area contributed by atoms with Gasteiger partial charge in [-0.25, -0.2) is 15.0 Å². The molecular weight excluding hydrogens is 406 g/mol. The molecule has 29 heavy (non-hydrogen) atoms. The normalized spacial score (nSPS) is 11.6. The van der Waals surface area contributed by atoms with E-state index in [1.165, 1.54) is 16.9 Å². The molecule has 4 N–H and O–H groups in total. The minimum absolute atomic E-state index is 0.116. The average molecular weight is 422 g/mol. The highest BCUT2D eigenvalue weighted by atomic mass is 35.5. The van der Waals surface area contributed by atoms with Crippen molar-refractivity contribution in [2.24, 2.45) is 0 Å². The Morgan fingerprint density at radius 1 is 0.966 bits per heavy atom. The minimum Gasteiger partial charge on any atom is -0.383 e. The lowest BCUT2D eigenvalue weighted by Gasteiger charge is -2.13. The fourth-order valence-electron chi connectivity index (χ4n) is 3.41. The second kappa shape index (κ2) is 6.40.